The average Bonchev–Trinajstić information content (AvgIpc) is 3.42. The van der Waals surface area contributed by atoms with Gasteiger partial charge < -0.3 is 29.8 Å². The third-order valence-electron chi connectivity index (χ3n) is 7.32. The van der Waals surface area contributed by atoms with E-state index in [1.807, 2.05) is 18.2 Å². The molecule has 0 saturated heterocycles. The summed E-state index contributed by atoms with van der Waals surface area (Å²) < 4.78 is 11.6. The molecule has 11 heteroatoms. The molecule has 1 aromatic carbocycles. The predicted molar refractivity (Wildman–Crippen MR) is 167 cm³/mol. The molecule has 2 atom stereocenters. The lowest BCUT2D eigenvalue weighted by Crippen LogP contribution is -2.36. The van der Waals surface area contributed by atoms with E-state index in [0.717, 1.165) is 24.2 Å². The Labute approximate surface area is 253 Å². The molecule has 44 heavy (non-hydrogen) atoms. The van der Waals surface area contributed by atoms with Gasteiger partial charge in [-0.05, 0) is 74.6 Å². The van der Waals surface area contributed by atoms with Crippen molar-refractivity contribution in [3.05, 3.63) is 112 Å². The second-order valence-corrected chi connectivity index (χ2v) is 10.1. The molecule has 3 aliphatic rings. The van der Waals surface area contributed by atoms with E-state index in [2.05, 4.69) is 34.4 Å². The van der Waals surface area contributed by atoms with Gasteiger partial charge in [0.1, 0.15) is 23.3 Å². The highest BCUT2D eigenvalue weighted by molar-refractivity contribution is 6.00. The van der Waals surface area contributed by atoms with E-state index in [9.17, 15) is 19.2 Å². The number of aliphatic imine (C=N–C) groups is 1. The number of nitrogens with zero attached hydrogens (tertiary/aromatic N) is 2. The highest BCUT2D eigenvalue weighted by Crippen LogP contribution is 2.27. The number of rotatable bonds is 10. The van der Waals surface area contributed by atoms with Crippen LogP contribution in [-0.4, -0.2) is 67.1 Å². The molecule has 2 amide bonds. The summed E-state index contributed by atoms with van der Waals surface area (Å²) >= 11 is 0. The molecule has 1 aromatic heterocycles. The molecule has 11 nitrogen and oxygen atoms in total. The zero-order valence-corrected chi connectivity index (χ0v) is 24.3. The first kappa shape index (κ1) is 30.0. The van der Waals surface area contributed by atoms with Gasteiger partial charge in [-0.25, -0.2) is 14.6 Å². The number of allylic oxidation sites excluding steroid dienone is 4. The van der Waals surface area contributed by atoms with Crippen LogP contribution >= 0.6 is 0 Å². The summed E-state index contributed by atoms with van der Waals surface area (Å²) in [6, 6.07) is 6.95. The van der Waals surface area contributed by atoms with E-state index in [1.165, 1.54) is 24.3 Å². The molecule has 2 heterocycles. The lowest BCUT2D eigenvalue weighted by atomic mass is 10.0. The topological polar surface area (TPSA) is 151 Å². The van der Waals surface area contributed by atoms with Crippen LogP contribution in [0.2, 0.25) is 0 Å². The van der Waals surface area contributed by atoms with Crippen LogP contribution in [0.5, 0.6) is 0 Å². The number of carboxylic acids is 1. The van der Waals surface area contributed by atoms with Gasteiger partial charge in [0, 0.05) is 54.5 Å². The maximum atomic E-state index is 12.9. The largest absolute Gasteiger partial charge is 0.478 e. The molecular weight excluding hydrogens is 564 g/mol. The molecular formula is C33H32N4O7. The number of nitrogens with one attached hydrogen (secondary N) is 2. The SMILES string of the molecule is CCN(CC)c1ccc2cc(C3=NC4C=C(C(=O)NCCNC(=O)C5=C/C=C(C(=O)O)\C=C/C=C\5)C=CC4O3)c(=O)oc2c1. The number of fused-ring (bicyclic) bond motifs is 2. The van der Waals surface area contributed by atoms with E-state index < -0.39 is 29.6 Å². The van der Waals surface area contributed by atoms with Crippen LogP contribution in [-0.2, 0) is 19.1 Å². The Morgan fingerprint density at radius 2 is 1.61 bits per heavy atom. The number of carbonyl (C=O) groups is 3. The van der Waals surface area contributed by atoms with Crippen LogP contribution in [0, 0.1) is 0 Å². The Kier molecular flexibility index (Phi) is 9.03. The fourth-order valence-electron chi connectivity index (χ4n) is 4.94. The summed E-state index contributed by atoms with van der Waals surface area (Å²) in [6.45, 7) is 6.11. The number of hydrogen-bond acceptors (Lipinski definition) is 8. The Bertz CT molecular complexity index is 1770. The Morgan fingerprint density at radius 3 is 2.32 bits per heavy atom. The molecule has 3 N–H and O–H groups in total. The summed E-state index contributed by atoms with van der Waals surface area (Å²) in [4.78, 5) is 56.1. The van der Waals surface area contributed by atoms with Crippen LogP contribution in [0.4, 0.5) is 5.69 Å². The number of carboxylic acid groups (broad SMARTS) is 1. The number of amides is 2. The molecule has 0 spiro atoms. The molecule has 1 aliphatic heterocycles. The molecule has 0 radical (unpaired) electrons. The van der Waals surface area contributed by atoms with E-state index in [-0.39, 0.29) is 41.6 Å². The standard InChI is InChI=1S/C33H32N4O7/c1-3-37(4-2)24-13-11-22-17-25(33(42)44-28(22)19-24)31-36-26-18-23(12-14-27(26)43-31)30(39)35-16-15-34-29(38)20-7-5-6-8-21(10-9-20)32(40)41/h5-14,17-19,26-27H,3-4,15-16H2,1-2H3,(H,34,38)(H,35,39)(H,40,41)/b6-5?,7-5-,8-6-,10-9?,20-7?,20-9+,21-8?,21-10+. The van der Waals surface area contributed by atoms with Crippen molar-refractivity contribution in [2.75, 3.05) is 31.1 Å². The van der Waals surface area contributed by atoms with Gasteiger partial charge in [0.25, 0.3) is 11.8 Å². The van der Waals surface area contributed by atoms with E-state index in [0.29, 0.717) is 11.2 Å². The average molecular weight is 597 g/mol. The highest BCUT2D eigenvalue weighted by atomic mass is 16.5. The minimum absolute atomic E-state index is 0.0531. The fourth-order valence-corrected chi connectivity index (χ4v) is 4.94. The summed E-state index contributed by atoms with van der Waals surface area (Å²) in [5, 5.41) is 15.4. The number of hydrogen-bond donors (Lipinski definition) is 3. The van der Waals surface area contributed by atoms with E-state index in [1.54, 1.807) is 36.4 Å². The van der Waals surface area contributed by atoms with Gasteiger partial charge in [0.15, 0.2) is 0 Å². The monoisotopic (exact) mass is 596 g/mol. The molecule has 5 rings (SSSR count). The van der Waals surface area contributed by atoms with Gasteiger partial charge in [0.05, 0.1) is 5.57 Å². The van der Waals surface area contributed by atoms with Crippen molar-refractivity contribution in [1.82, 2.24) is 10.6 Å². The highest BCUT2D eigenvalue weighted by Gasteiger charge is 2.33. The lowest BCUT2D eigenvalue weighted by Gasteiger charge is -2.21. The molecule has 2 aromatic rings. The Balaban J connectivity index is 1.19. The van der Waals surface area contributed by atoms with Crippen molar-refractivity contribution in [3.63, 3.8) is 0 Å². The minimum Gasteiger partial charge on any atom is -0.478 e. The van der Waals surface area contributed by atoms with Crippen molar-refractivity contribution < 1.29 is 28.6 Å². The van der Waals surface area contributed by atoms with Crippen LogP contribution in [0.3, 0.4) is 0 Å². The fraction of sp³-hybridized carbons (Fsp3) is 0.242. The van der Waals surface area contributed by atoms with Crippen molar-refractivity contribution in [3.8, 4) is 0 Å². The van der Waals surface area contributed by atoms with Crippen molar-refractivity contribution in [1.29, 1.82) is 0 Å². The maximum absolute atomic E-state index is 12.9. The molecule has 226 valence electrons. The van der Waals surface area contributed by atoms with E-state index >= 15 is 0 Å². The number of carbonyl (C=O) groups excluding carboxylic acids is 2. The third-order valence-corrected chi connectivity index (χ3v) is 7.32. The van der Waals surface area contributed by atoms with Gasteiger partial charge in [0.2, 0.25) is 5.90 Å². The van der Waals surface area contributed by atoms with Gasteiger partial charge in [-0.1, -0.05) is 12.2 Å². The summed E-state index contributed by atoms with van der Waals surface area (Å²) in [5.41, 5.74) is 1.82. The lowest BCUT2D eigenvalue weighted by molar-refractivity contribution is -0.132. The normalized spacial score (nSPS) is 22.4. The Hall–Kier alpha value is -5.45. The zero-order chi connectivity index (χ0) is 31.2. The first-order chi connectivity index (χ1) is 21.3. The molecule has 0 saturated carbocycles. The second-order valence-electron chi connectivity index (χ2n) is 10.1. The molecule has 0 fully saturated rings. The smallest absolute Gasteiger partial charge is 0.349 e. The number of benzene rings is 1. The summed E-state index contributed by atoms with van der Waals surface area (Å²) in [6.07, 6.45) is 13.5. The summed E-state index contributed by atoms with van der Waals surface area (Å²) in [5.74, 6) is -1.69. The van der Waals surface area contributed by atoms with Crippen LogP contribution < -0.4 is 21.2 Å². The van der Waals surface area contributed by atoms with Gasteiger partial charge in [-0.2, -0.15) is 0 Å². The van der Waals surface area contributed by atoms with Crippen molar-refractivity contribution >= 4 is 40.3 Å². The van der Waals surface area contributed by atoms with Crippen molar-refractivity contribution in [2.45, 2.75) is 26.0 Å². The Morgan fingerprint density at radius 1 is 0.932 bits per heavy atom. The van der Waals surface area contributed by atoms with Crippen LogP contribution in [0.1, 0.15) is 19.4 Å². The first-order valence-corrected chi connectivity index (χ1v) is 14.3. The maximum Gasteiger partial charge on any atom is 0.349 e. The number of aliphatic carboxylic acids is 1. The molecule has 2 aliphatic carbocycles. The van der Waals surface area contributed by atoms with Gasteiger partial charge >= 0.3 is 11.6 Å². The quantitative estimate of drug-likeness (QED) is 0.280. The number of ether oxygens (including phenoxy) is 1. The first-order valence-electron chi connectivity index (χ1n) is 14.3. The predicted octanol–water partition coefficient (Wildman–Crippen LogP) is 2.95. The van der Waals surface area contributed by atoms with Gasteiger partial charge in [-0.15, -0.1) is 0 Å². The second kappa shape index (κ2) is 13.2. The third kappa shape index (κ3) is 6.62. The van der Waals surface area contributed by atoms with Crippen LogP contribution in [0.15, 0.2) is 110 Å². The molecule has 2 unspecified atom stereocenters. The van der Waals surface area contributed by atoms with Crippen molar-refractivity contribution in [2.24, 2.45) is 4.99 Å². The van der Waals surface area contributed by atoms with Crippen LogP contribution in [0.25, 0.3) is 11.0 Å². The number of anilines is 1. The zero-order valence-electron chi connectivity index (χ0n) is 24.3. The summed E-state index contributed by atoms with van der Waals surface area (Å²) in [7, 11) is 0. The van der Waals surface area contributed by atoms with Gasteiger partial charge in [-0.3, -0.25) is 9.59 Å². The molecule has 0 bridgehead atoms. The minimum atomic E-state index is -1.09. The van der Waals surface area contributed by atoms with E-state index in [4.69, 9.17) is 14.3 Å².